The number of alkyl halides is 1. The summed E-state index contributed by atoms with van der Waals surface area (Å²) in [7, 11) is 0. The van der Waals surface area contributed by atoms with Crippen molar-refractivity contribution in [1.29, 1.82) is 0 Å². The molecule has 6 rings (SSSR count). The van der Waals surface area contributed by atoms with E-state index in [0.717, 1.165) is 10.8 Å². The third-order valence-corrected chi connectivity index (χ3v) is 10.6. The number of unbranched alkanes of at least 4 members (excludes halogenated alkanes) is 1. The van der Waals surface area contributed by atoms with Crippen LogP contribution in [0.15, 0.2) is 92.0 Å². The number of aliphatic hydroxyl groups is 1. The fraction of sp³-hybridized carbons (Fsp3) is 0.395. The van der Waals surface area contributed by atoms with E-state index < -0.39 is 29.6 Å². The van der Waals surface area contributed by atoms with Crippen molar-refractivity contribution in [1.82, 2.24) is 4.90 Å². The number of hydrogen-bond acceptors (Lipinski definition) is 6. The Hall–Kier alpha value is -3.99. The Morgan fingerprint density at radius 1 is 1.00 bits per heavy atom. The van der Waals surface area contributed by atoms with Crippen LogP contribution in [0.1, 0.15) is 26.2 Å². The Labute approximate surface area is 289 Å². The molecular formula is C38H42BrN3O6. The maximum Gasteiger partial charge on any atom is 0.253 e. The number of rotatable bonds is 14. The summed E-state index contributed by atoms with van der Waals surface area (Å²) < 4.78 is 12.4. The Kier molecular flexibility index (Phi) is 10.1. The molecule has 0 aliphatic carbocycles. The van der Waals surface area contributed by atoms with E-state index in [1.165, 1.54) is 0 Å². The van der Waals surface area contributed by atoms with Gasteiger partial charge in [0.1, 0.15) is 17.4 Å². The van der Waals surface area contributed by atoms with Crippen LogP contribution in [0.5, 0.6) is 5.75 Å². The van der Waals surface area contributed by atoms with Crippen molar-refractivity contribution in [3.05, 3.63) is 92.0 Å². The number of benzene rings is 3. The molecule has 3 fully saturated rings. The molecule has 9 nitrogen and oxygen atoms in total. The molecule has 3 heterocycles. The molecule has 3 unspecified atom stereocenters. The molecule has 3 amide bonds. The second-order valence-electron chi connectivity index (χ2n) is 12.6. The summed E-state index contributed by atoms with van der Waals surface area (Å²) in [6, 6.07) is 20.1. The maximum absolute atomic E-state index is 14.9. The largest absolute Gasteiger partial charge is 0.494 e. The van der Waals surface area contributed by atoms with Gasteiger partial charge in [-0.15, -0.1) is 13.2 Å². The number of anilines is 2. The highest BCUT2D eigenvalue weighted by atomic mass is 79.9. The van der Waals surface area contributed by atoms with Crippen LogP contribution in [-0.4, -0.2) is 83.2 Å². The van der Waals surface area contributed by atoms with E-state index in [1.54, 1.807) is 26.9 Å². The minimum Gasteiger partial charge on any atom is -0.494 e. The maximum atomic E-state index is 14.9. The number of hydrogen-bond donors (Lipinski definition) is 1. The van der Waals surface area contributed by atoms with Crippen molar-refractivity contribution in [2.45, 2.75) is 48.8 Å². The molecule has 3 aromatic carbocycles. The summed E-state index contributed by atoms with van der Waals surface area (Å²) in [4.78, 5) is 48.8. The normalized spacial score (nSPS) is 25.6. The molecule has 0 aromatic heterocycles. The minimum atomic E-state index is -1.22. The number of likely N-dealkylation sites (tertiary alicyclic amines) is 1. The molecule has 1 spiro atoms. The van der Waals surface area contributed by atoms with Crippen LogP contribution in [0.4, 0.5) is 11.4 Å². The van der Waals surface area contributed by atoms with E-state index in [0.29, 0.717) is 43.0 Å². The Balaban J connectivity index is 1.40. The van der Waals surface area contributed by atoms with Crippen molar-refractivity contribution in [2.24, 2.45) is 11.8 Å². The van der Waals surface area contributed by atoms with Crippen LogP contribution in [0.2, 0.25) is 0 Å². The zero-order valence-corrected chi connectivity index (χ0v) is 28.8. The van der Waals surface area contributed by atoms with Gasteiger partial charge in [0.05, 0.1) is 24.5 Å². The fourth-order valence-corrected chi connectivity index (χ4v) is 8.73. The zero-order chi connectivity index (χ0) is 34.0. The number of amides is 3. The number of aliphatic hydroxyl groups excluding tert-OH is 1. The van der Waals surface area contributed by atoms with Crippen LogP contribution in [0.25, 0.3) is 10.8 Å². The highest BCUT2D eigenvalue weighted by Crippen LogP contribution is 2.60. The summed E-state index contributed by atoms with van der Waals surface area (Å²) in [6.45, 7) is 10.9. The Morgan fingerprint density at radius 3 is 2.33 bits per heavy atom. The molecule has 2 bridgehead atoms. The standard InChI is InChI=1S/C38H42BrN3O6/c1-4-19-40(27-15-17-29(18-16-27)47-6-3)35(44)31-32-36(45)42(21-9-10-22-43)34(38(32)24-30(39)33(31)48-38)37(46)41(20-5-2)28-14-13-25-11-7-8-12-26(25)23-28/h4-5,7-8,11-18,23,30-34,43H,1-2,6,9-10,19-22,24H2,3H3/t30?,31-,32+,33-,34?,38?/m1/s1. The van der Waals surface area contributed by atoms with Gasteiger partial charge in [0.15, 0.2) is 0 Å². The molecule has 6 atom stereocenters. The number of nitrogens with zero attached hydrogens (tertiary/aromatic N) is 3. The van der Waals surface area contributed by atoms with Crippen molar-refractivity contribution in [3.8, 4) is 5.75 Å². The summed E-state index contributed by atoms with van der Waals surface area (Å²) in [5, 5.41) is 11.6. The molecule has 48 heavy (non-hydrogen) atoms. The van der Waals surface area contributed by atoms with Gasteiger partial charge in [-0.1, -0.05) is 58.4 Å². The molecule has 1 N–H and O–H groups in total. The second-order valence-corrected chi connectivity index (χ2v) is 13.7. The molecule has 0 radical (unpaired) electrons. The predicted molar refractivity (Wildman–Crippen MR) is 190 cm³/mol. The van der Waals surface area contributed by atoms with Gasteiger partial charge in [-0.05, 0) is 73.4 Å². The fourth-order valence-electron chi connectivity index (χ4n) is 7.79. The molecule has 0 saturated carbocycles. The quantitative estimate of drug-likeness (QED) is 0.135. The Morgan fingerprint density at radius 2 is 1.67 bits per heavy atom. The van der Waals surface area contributed by atoms with Crippen molar-refractivity contribution in [2.75, 3.05) is 42.6 Å². The summed E-state index contributed by atoms with van der Waals surface area (Å²) in [5.74, 6) is -1.80. The number of fused-ring (bicyclic) bond motifs is 2. The van der Waals surface area contributed by atoms with Crippen molar-refractivity contribution < 1.29 is 29.0 Å². The summed E-state index contributed by atoms with van der Waals surface area (Å²) in [5.41, 5.74) is 0.114. The zero-order valence-electron chi connectivity index (χ0n) is 27.2. The van der Waals surface area contributed by atoms with Crippen LogP contribution in [-0.2, 0) is 19.1 Å². The lowest BCUT2D eigenvalue weighted by atomic mass is 9.70. The summed E-state index contributed by atoms with van der Waals surface area (Å²) in [6.07, 6.45) is 4.09. The van der Waals surface area contributed by atoms with Crippen LogP contribution in [0, 0.1) is 11.8 Å². The predicted octanol–water partition coefficient (Wildman–Crippen LogP) is 5.50. The first-order valence-electron chi connectivity index (χ1n) is 16.6. The highest BCUT2D eigenvalue weighted by Gasteiger charge is 2.77. The SMILES string of the molecule is C=CCN(C(=O)C1N(CCCCO)C(=O)[C@@H]2[C@@H](C(=O)N(CC=C)c3ccc(OCC)cc3)[C@@H]3OC12CC3Br)c1ccc2ccccc2c1. The van der Waals surface area contributed by atoms with E-state index >= 15 is 0 Å². The molecule has 3 aliphatic rings. The summed E-state index contributed by atoms with van der Waals surface area (Å²) >= 11 is 3.79. The van der Waals surface area contributed by atoms with Gasteiger partial charge in [-0.2, -0.15) is 0 Å². The molecule has 10 heteroatoms. The van der Waals surface area contributed by atoms with Crippen molar-refractivity contribution in [3.63, 3.8) is 0 Å². The lowest BCUT2D eigenvalue weighted by molar-refractivity contribution is -0.140. The molecular weight excluding hydrogens is 674 g/mol. The van der Waals surface area contributed by atoms with Gasteiger partial charge in [0.2, 0.25) is 11.8 Å². The average molecular weight is 717 g/mol. The van der Waals surface area contributed by atoms with Gasteiger partial charge in [0.25, 0.3) is 5.91 Å². The van der Waals surface area contributed by atoms with Crippen molar-refractivity contribution >= 4 is 55.8 Å². The monoisotopic (exact) mass is 715 g/mol. The third-order valence-electron chi connectivity index (χ3n) is 9.77. The molecule has 3 saturated heterocycles. The minimum absolute atomic E-state index is 0.0311. The van der Waals surface area contributed by atoms with E-state index in [-0.39, 0.29) is 48.8 Å². The first-order chi connectivity index (χ1) is 23.3. The molecule has 3 aliphatic heterocycles. The second kappa shape index (κ2) is 14.2. The lowest BCUT2D eigenvalue weighted by Gasteiger charge is -2.37. The van der Waals surface area contributed by atoms with E-state index in [4.69, 9.17) is 9.47 Å². The first kappa shape index (κ1) is 33.9. The Bertz CT molecular complexity index is 1700. The van der Waals surface area contributed by atoms with E-state index in [1.807, 2.05) is 73.7 Å². The van der Waals surface area contributed by atoms with E-state index in [2.05, 4.69) is 29.1 Å². The number of carbonyl (C=O) groups is 3. The topological polar surface area (TPSA) is 99.6 Å². The van der Waals surface area contributed by atoms with Crippen LogP contribution < -0.4 is 14.5 Å². The van der Waals surface area contributed by atoms with Crippen LogP contribution >= 0.6 is 15.9 Å². The smallest absolute Gasteiger partial charge is 0.253 e. The lowest BCUT2D eigenvalue weighted by Crippen LogP contribution is -2.57. The number of halogens is 1. The van der Waals surface area contributed by atoms with E-state index in [9.17, 15) is 19.5 Å². The van der Waals surface area contributed by atoms with Gasteiger partial charge in [-0.25, -0.2) is 0 Å². The van der Waals surface area contributed by atoms with Gasteiger partial charge in [0, 0.05) is 42.4 Å². The van der Waals surface area contributed by atoms with Gasteiger partial charge < -0.3 is 29.3 Å². The van der Waals surface area contributed by atoms with Gasteiger partial charge in [-0.3, -0.25) is 14.4 Å². The molecule has 252 valence electrons. The average Bonchev–Trinajstić information content (AvgIpc) is 3.69. The van der Waals surface area contributed by atoms with Gasteiger partial charge >= 0.3 is 0 Å². The highest BCUT2D eigenvalue weighted by molar-refractivity contribution is 9.09. The number of ether oxygens (including phenoxy) is 2. The number of carbonyl (C=O) groups excluding carboxylic acids is 3. The van der Waals surface area contributed by atoms with Crippen LogP contribution in [0.3, 0.4) is 0 Å². The third kappa shape index (κ3) is 5.84. The first-order valence-corrected chi connectivity index (χ1v) is 17.5. The molecule has 3 aromatic rings.